The van der Waals surface area contributed by atoms with Gasteiger partial charge in [0.15, 0.2) is 0 Å². The molecule has 0 bridgehead atoms. The van der Waals surface area contributed by atoms with Gasteiger partial charge in [-0.15, -0.1) is 0 Å². The zero-order chi connectivity index (χ0) is 6.57. The van der Waals surface area contributed by atoms with Gasteiger partial charge in [0.1, 0.15) is 0 Å². The molecule has 0 fully saturated rings. The second-order valence-electron chi connectivity index (χ2n) is 0.897. The summed E-state index contributed by atoms with van der Waals surface area (Å²) in [6, 6.07) is 0. The van der Waals surface area contributed by atoms with E-state index < -0.39 is 11.9 Å². The van der Waals surface area contributed by atoms with Crippen molar-refractivity contribution >= 4 is 29.5 Å². The summed E-state index contributed by atoms with van der Waals surface area (Å²) in [4.78, 5) is 20.1. The summed E-state index contributed by atoms with van der Waals surface area (Å²) in [5.41, 5.74) is 0. The molecule has 0 radical (unpaired) electrons. The molecule has 0 aromatic rings. The molecule has 0 aliphatic rings. The van der Waals surface area contributed by atoms with Crippen molar-refractivity contribution in [2.24, 2.45) is 0 Å². The Hall–Kier alpha value is -0.565. The maximum absolute atomic E-state index is 10.0. The Balaban J connectivity index is 3.64. The third-order valence-electron chi connectivity index (χ3n) is 0.459. The second kappa shape index (κ2) is 3.44. The van der Waals surface area contributed by atoms with Crippen molar-refractivity contribution in [3.63, 3.8) is 0 Å². The number of carbonyl (C=O) groups is 2. The molecule has 0 N–H and O–H groups in total. The Morgan fingerprint density at radius 1 is 1.38 bits per heavy atom. The van der Waals surface area contributed by atoms with Gasteiger partial charge in [0.05, 0.1) is 9.47 Å². The molecular formula is C2H4BO4P. The Morgan fingerprint density at radius 2 is 1.88 bits per heavy atom. The lowest BCUT2D eigenvalue weighted by molar-refractivity contribution is -0.155. The van der Waals surface area contributed by atoms with Gasteiger partial charge in [-0.1, -0.05) is 0 Å². The molecular weight excluding hydrogens is 130 g/mol. The first-order valence-corrected chi connectivity index (χ1v) is 2.18. The molecule has 0 saturated carbocycles. The zero-order valence-electron chi connectivity index (χ0n) is 4.21. The van der Waals surface area contributed by atoms with E-state index >= 15 is 0 Å². The largest absolute Gasteiger partial charge is 0.535 e. The van der Waals surface area contributed by atoms with Gasteiger partial charge in [-0.3, -0.25) is 0 Å². The van der Waals surface area contributed by atoms with Crippen molar-refractivity contribution in [2.45, 2.75) is 0 Å². The van der Waals surface area contributed by atoms with Crippen LogP contribution in [0.4, 0.5) is 0 Å². The first-order valence-electron chi connectivity index (χ1n) is 1.71. The van der Waals surface area contributed by atoms with Crippen LogP contribution in [-0.4, -0.2) is 20.0 Å². The molecule has 0 aliphatic carbocycles. The highest BCUT2D eigenvalue weighted by Crippen LogP contribution is 1.87. The van der Waals surface area contributed by atoms with Crippen molar-refractivity contribution in [2.75, 3.05) is 0 Å². The van der Waals surface area contributed by atoms with Crippen LogP contribution in [0.1, 0.15) is 0 Å². The van der Waals surface area contributed by atoms with Crippen molar-refractivity contribution in [3.8, 4) is 0 Å². The third kappa shape index (κ3) is 1.93. The van der Waals surface area contributed by atoms with Crippen molar-refractivity contribution in [3.05, 3.63) is 0 Å². The van der Waals surface area contributed by atoms with Gasteiger partial charge in [0, 0.05) is 0 Å². The van der Waals surface area contributed by atoms with E-state index in [1.165, 1.54) is 0 Å². The van der Waals surface area contributed by atoms with Gasteiger partial charge in [0.2, 0.25) is 0 Å². The van der Waals surface area contributed by atoms with E-state index in [1.807, 2.05) is 0 Å². The summed E-state index contributed by atoms with van der Waals surface area (Å²) in [7, 11) is 2.74. The lowest BCUT2D eigenvalue weighted by atomic mass is 10.5. The van der Waals surface area contributed by atoms with Crippen LogP contribution in [0.25, 0.3) is 0 Å². The van der Waals surface area contributed by atoms with E-state index in [9.17, 15) is 9.59 Å². The molecule has 1 unspecified atom stereocenters. The molecule has 0 saturated heterocycles. The first kappa shape index (κ1) is 7.43. The summed E-state index contributed by atoms with van der Waals surface area (Å²) in [6.07, 6.45) is 0. The fraction of sp³-hybridized carbons (Fsp3) is 0. The minimum absolute atomic E-state index is 1.000. The summed E-state index contributed by atoms with van der Waals surface area (Å²) in [6.45, 7) is 0. The molecule has 0 heterocycles. The van der Waals surface area contributed by atoms with E-state index in [1.54, 1.807) is 9.47 Å². The first-order chi connectivity index (χ1) is 3.72. The Kier molecular flexibility index (Phi) is 3.20. The Morgan fingerprint density at radius 3 is 2.00 bits per heavy atom. The maximum atomic E-state index is 10.0. The van der Waals surface area contributed by atoms with Crippen LogP contribution >= 0.6 is 9.47 Å². The standard InChI is InChI=1S/C2H4BO4P/c3-6-1(4)2(5)7-8/h3,8H2. The van der Waals surface area contributed by atoms with Gasteiger partial charge in [-0.05, 0) is 0 Å². The molecule has 0 rings (SSSR count). The number of rotatable bonds is 0. The number of hydrogen-bond acceptors (Lipinski definition) is 4. The van der Waals surface area contributed by atoms with Crippen LogP contribution in [0.3, 0.4) is 0 Å². The minimum Gasteiger partial charge on any atom is -0.535 e. The number of carbonyl (C=O) groups excluding carboxylic acids is 2. The molecule has 4 nitrogen and oxygen atoms in total. The lowest BCUT2D eigenvalue weighted by Crippen LogP contribution is -2.15. The number of hydrogen-bond donors (Lipinski definition) is 0. The van der Waals surface area contributed by atoms with E-state index in [-0.39, 0.29) is 0 Å². The predicted molar refractivity (Wildman–Crippen MR) is 30.4 cm³/mol. The maximum Gasteiger partial charge on any atom is 0.417 e. The quantitative estimate of drug-likeness (QED) is 0.227. The highest BCUT2D eigenvalue weighted by atomic mass is 31.0. The molecule has 0 aliphatic heterocycles. The van der Waals surface area contributed by atoms with Gasteiger partial charge < -0.3 is 9.18 Å². The topological polar surface area (TPSA) is 52.6 Å². The fourth-order valence-corrected chi connectivity index (χ4v) is 0.228. The minimum atomic E-state index is -1.02. The Bertz CT molecular complexity index is 98.6. The normalized spacial score (nSPS) is 7.62. The van der Waals surface area contributed by atoms with Gasteiger partial charge in [-0.2, -0.15) is 0 Å². The monoisotopic (exact) mass is 134 g/mol. The van der Waals surface area contributed by atoms with E-state index in [4.69, 9.17) is 0 Å². The predicted octanol–water partition coefficient (Wildman–Crippen LogP) is -1.59. The summed E-state index contributed by atoms with van der Waals surface area (Å²) in [5, 5.41) is 0. The molecule has 44 valence electrons. The molecule has 0 spiro atoms. The van der Waals surface area contributed by atoms with Gasteiger partial charge >= 0.3 is 20.0 Å². The molecule has 0 amide bonds. The molecule has 8 heavy (non-hydrogen) atoms. The fourth-order valence-electron chi connectivity index (χ4n) is 0.131. The highest BCUT2D eigenvalue weighted by molar-refractivity contribution is 7.11. The van der Waals surface area contributed by atoms with Crippen molar-refractivity contribution in [1.29, 1.82) is 0 Å². The summed E-state index contributed by atoms with van der Waals surface area (Å²) < 4.78 is 7.88. The average molecular weight is 134 g/mol. The lowest BCUT2D eigenvalue weighted by Gasteiger charge is -1.93. The molecule has 1 atom stereocenters. The Labute approximate surface area is 49.3 Å². The van der Waals surface area contributed by atoms with Crippen molar-refractivity contribution in [1.82, 2.24) is 0 Å². The van der Waals surface area contributed by atoms with Gasteiger partial charge in [-0.25, -0.2) is 9.59 Å². The van der Waals surface area contributed by atoms with E-state index in [0.29, 0.717) is 0 Å². The summed E-state index contributed by atoms with van der Waals surface area (Å²) >= 11 is 0. The van der Waals surface area contributed by atoms with Crippen molar-refractivity contribution < 1.29 is 18.8 Å². The summed E-state index contributed by atoms with van der Waals surface area (Å²) in [5.74, 6) is -2.02. The van der Waals surface area contributed by atoms with Crippen LogP contribution < -0.4 is 0 Å². The van der Waals surface area contributed by atoms with Crippen LogP contribution in [0, 0.1) is 0 Å². The van der Waals surface area contributed by atoms with Crippen LogP contribution in [0.15, 0.2) is 0 Å². The van der Waals surface area contributed by atoms with E-state index in [2.05, 4.69) is 9.18 Å². The molecule has 0 aromatic heterocycles. The smallest absolute Gasteiger partial charge is 0.417 e. The van der Waals surface area contributed by atoms with Crippen LogP contribution in [0.5, 0.6) is 0 Å². The second-order valence-corrected chi connectivity index (χ2v) is 1.13. The van der Waals surface area contributed by atoms with Crippen LogP contribution in [0.2, 0.25) is 0 Å². The average Bonchev–Trinajstić information content (AvgIpc) is 1.84. The third-order valence-corrected chi connectivity index (χ3v) is 0.673. The van der Waals surface area contributed by atoms with Crippen LogP contribution in [-0.2, 0) is 18.8 Å². The molecule has 6 heteroatoms. The zero-order valence-corrected chi connectivity index (χ0v) is 5.37. The molecule has 0 aromatic carbocycles. The van der Waals surface area contributed by atoms with Gasteiger partial charge in [0.25, 0.3) is 0 Å². The SMILES string of the molecule is BOC(=O)C(=O)OP. The van der Waals surface area contributed by atoms with E-state index in [0.717, 1.165) is 8.05 Å². The highest BCUT2D eigenvalue weighted by Gasteiger charge is 2.11.